The second-order valence-electron chi connectivity index (χ2n) is 8.94. The van der Waals surface area contributed by atoms with Gasteiger partial charge < -0.3 is 14.9 Å². The molecule has 35 heavy (non-hydrogen) atoms. The van der Waals surface area contributed by atoms with Crippen LogP contribution in [0.15, 0.2) is 59.9 Å². The lowest BCUT2D eigenvalue weighted by atomic mass is 9.95. The van der Waals surface area contributed by atoms with E-state index in [1.807, 2.05) is 60.7 Å². The lowest BCUT2D eigenvalue weighted by molar-refractivity contribution is -0.129. The number of amides is 1. The summed E-state index contributed by atoms with van der Waals surface area (Å²) >= 11 is 7.54. The zero-order valence-electron chi connectivity index (χ0n) is 19.7. The lowest BCUT2D eigenvalue weighted by Crippen LogP contribution is -2.33. The Morgan fingerprint density at radius 1 is 1.20 bits per heavy atom. The van der Waals surface area contributed by atoms with Crippen molar-refractivity contribution >= 4 is 50.6 Å². The molecule has 1 N–H and O–H groups in total. The van der Waals surface area contributed by atoms with Gasteiger partial charge in [-0.1, -0.05) is 47.2 Å². The number of carbonyl (C=O) groups is 2. The number of thiazole rings is 1. The zero-order valence-corrected chi connectivity index (χ0v) is 21.2. The Morgan fingerprint density at radius 3 is 2.71 bits per heavy atom. The molecule has 2 aromatic carbocycles. The van der Waals surface area contributed by atoms with Crippen LogP contribution in [0.3, 0.4) is 0 Å². The highest BCUT2D eigenvalue weighted by atomic mass is 35.5. The van der Waals surface area contributed by atoms with Gasteiger partial charge in [0.1, 0.15) is 0 Å². The lowest BCUT2D eigenvalue weighted by Gasteiger charge is -2.27. The SMILES string of the molecule is Cc1c(C(=O)C2=C(O)C(=O)N(CCCN(C)C)C2c2cccc(Cl)c2)sc2nc3ccccc3n12. The summed E-state index contributed by atoms with van der Waals surface area (Å²) in [6.07, 6.45) is 0.697. The Balaban J connectivity index is 1.60. The van der Waals surface area contributed by atoms with Gasteiger partial charge in [0.05, 0.1) is 27.5 Å². The minimum Gasteiger partial charge on any atom is -0.503 e. The van der Waals surface area contributed by atoms with Gasteiger partial charge in [0.15, 0.2) is 10.7 Å². The van der Waals surface area contributed by atoms with Crippen LogP contribution in [0.1, 0.15) is 33.4 Å². The number of benzene rings is 2. The van der Waals surface area contributed by atoms with Crippen LogP contribution in [0.25, 0.3) is 16.0 Å². The van der Waals surface area contributed by atoms with E-state index in [9.17, 15) is 14.7 Å². The largest absolute Gasteiger partial charge is 0.503 e. The first-order chi connectivity index (χ1) is 16.8. The Hall–Kier alpha value is -3.20. The summed E-state index contributed by atoms with van der Waals surface area (Å²) in [6.45, 7) is 3.03. The molecule has 3 heterocycles. The molecule has 7 nitrogen and oxygen atoms in total. The molecular formula is C26H25ClN4O3S. The smallest absolute Gasteiger partial charge is 0.290 e. The number of aliphatic hydroxyl groups is 1. The van der Waals surface area contributed by atoms with E-state index in [4.69, 9.17) is 11.6 Å². The fraction of sp³-hybridized carbons (Fsp3) is 0.269. The molecule has 0 bridgehead atoms. The summed E-state index contributed by atoms with van der Waals surface area (Å²) in [5.41, 5.74) is 3.26. The van der Waals surface area contributed by atoms with Crippen LogP contribution in [-0.2, 0) is 4.79 Å². The van der Waals surface area contributed by atoms with E-state index in [1.165, 1.54) is 11.3 Å². The number of imidazole rings is 1. The molecule has 0 spiro atoms. The van der Waals surface area contributed by atoms with Crippen molar-refractivity contribution in [1.82, 2.24) is 19.2 Å². The van der Waals surface area contributed by atoms with Crippen LogP contribution in [0, 0.1) is 6.92 Å². The molecule has 1 amide bonds. The number of para-hydroxylation sites is 2. The first-order valence-electron chi connectivity index (χ1n) is 11.3. The molecule has 180 valence electrons. The van der Waals surface area contributed by atoms with Crippen molar-refractivity contribution in [2.24, 2.45) is 0 Å². The topological polar surface area (TPSA) is 78.2 Å². The van der Waals surface area contributed by atoms with Crippen LogP contribution in [0.5, 0.6) is 0 Å². The molecule has 0 aliphatic carbocycles. The van der Waals surface area contributed by atoms with Crippen LogP contribution < -0.4 is 0 Å². The molecular weight excluding hydrogens is 484 g/mol. The second-order valence-corrected chi connectivity index (χ2v) is 10.4. The maximum atomic E-state index is 14.0. The molecule has 1 aliphatic rings. The van der Waals surface area contributed by atoms with Crippen LogP contribution in [0.4, 0.5) is 0 Å². The quantitative estimate of drug-likeness (QED) is 0.354. The number of carbonyl (C=O) groups excluding carboxylic acids is 2. The molecule has 1 atom stereocenters. The number of hydrogen-bond acceptors (Lipinski definition) is 6. The normalized spacial score (nSPS) is 16.4. The van der Waals surface area contributed by atoms with Gasteiger partial charge >= 0.3 is 0 Å². The second kappa shape index (κ2) is 9.11. The molecule has 1 unspecified atom stereocenters. The first kappa shape index (κ1) is 23.5. The van der Waals surface area contributed by atoms with Gasteiger partial charge in [-0.2, -0.15) is 0 Å². The average molecular weight is 509 g/mol. The van der Waals surface area contributed by atoms with Gasteiger partial charge in [-0.3, -0.25) is 14.0 Å². The molecule has 1 aliphatic heterocycles. The predicted molar refractivity (Wildman–Crippen MR) is 138 cm³/mol. The molecule has 4 aromatic rings. The molecule has 0 saturated carbocycles. The number of rotatable bonds is 7. The van der Waals surface area contributed by atoms with Crippen LogP contribution in [-0.4, -0.2) is 63.2 Å². The van der Waals surface area contributed by atoms with Gasteiger partial charge in [-0.15, -0.1) is 0 Å². The third kappa shape index (κ3) is 4.01. The van der Waals surface area contributed by atoms with Crippen molar-refractivity contribution < 1.29 is 14.7 Å². The third-order valence-corrected chi connectivity index (χ3v) is 7.69. The summed E-state index contributed by atoms with van der Waals surface area (Å²) in [7, 11) is 3.93. The number of halogens is 1. The minimum atomic E-state index is -0.721. The fourth-order valence-electron chi connectivity index (χ4n) is 4.69. The molecule has 5 rings (SSSR count). The Labute approximate surface area is 211 Å². The summed E-state index contributed by atoms with van der Waals surface area (Å²) in [5, 5.41) is 11.5. The van der Waals surface area contributed by atoms with Crippen molar-refractivity contribution in [2.75, 3.05) is 27.2 Å². The van der Waals surface area contributed by atoms with Gasteiger partial charge in [0.25, 0.3) is 5.91 Å². The molecule has 9 heteroatoms. The predicted octanol–water partition coefficient (Wildman–Crippen LogP) is 5.04. The fourth-order valence-corrected chi connectivity index (χ4v) is 5.99. The average Bonchev–Trinajstić information content (AvgIpc) is 3.43. The number of fused-ring (bicyclic) bond motifs is 3. The molecule has 0 saturated heterocycles. The maximum Gasteiger partial charge on any atom is 0.290 e. The molecule has 0 radical (unpaired) electrons. The summed E-state index contributed by atoms with van der Waals surface area (Å²) in [4.78, 5) is 36.5. The highest BCUT2D eigenvalue weighted by Gasteiger charge is 2.44. The van der Waals surface area contributed by atoms with Crippen LogP contribution in [0.2, 0.25) is 5.02 Å². The number of aliphatic hydroxyl groups excluding tert-OH is 1. The van der Waals surface area contributed by atoms with E-state index in [2.05, 4.69) is 4.98 Å². The molecule has 2 aromatic heterocycles. The van der Waals surface area contributed by atoms with Crippen molar-refractivity contribution in [2.45, 2.75) is 19.4 Å². The number of aryl methyl sites for hydroxylation is 1. The van der Waals surface area contributed by atoms with Crippen molar-refractivity contribution in [3.8, 4) is 0 Å². The molecule has 0 fully saturated rings. The maximum absolute atomic E-state index is 14.0. The summed E-state index contributed by atoms with van der Waals surface area (Å²) in [5.74, 6) is -1.41. The van der Waals surface area contributed by atoms with Gasteiger partial charge in [0, 0.05) is 17.3 Å². The number of hydrogen-bond donors (Lipinski definition) is 1. The van der Waals surface area contributed by atoms with E-state index < -0.39 is 17.7 Å². The van der Waals surface area contributed by atoms with Crippen molar-refractivity contribution in [1.29, 1.82) is 0 Å². The van der Waals surface area contributed by atoms with Crippen molar-refractivity contribution in [3.63, 3.8) is 0 Å². The Kier molecular flexibility index (Phi) is 6.13. The van der Waals surface area contributed by atoms with Gasteiger partial charge in [0.2, 0.25) is 5.78 Å². The van der Waals surface area contributed by atoms with Crippen molar-refractivity contribution in [3.05, 3.63) is 81.0 Å². The number of ketones is 1. The zero-order chi connectivity index (χ0) is 24.9. The number of nitrogens with zero attached hydrogens (tertiary/aromatic N) is 4. The number of aromatic nitrogens is 2. The van der Waals surface area contributed by atoms with E-state index >= 15 is 0 Å². The standard InChI is InChI=1S/C26H25ClN4O3S/c1-15-24(35-26-28-18-10-4-5-11-19(18)31(15)26)22(32)20-21(16-8-6-9-17(27)14-16)30(25(34)23(20)33)13-7-12-29(2)3/h4-6,8-11,14,21,33H,7,12-13H2,1-3H3. The Bertz CT molecular complexity index is 1500. The highest BCUT2D eigenvalue weighted by Crippen LogP contribution is 2.41. The third-order valence-electron chi connectivity index (χ3n) is 6.31. The summed E-state index contributed by atoms with van der Waals surface area (Å²) in [6, 6.07) is 14.1. The van der Waals surface area contributed by atoms with E-state index in [1.54, 1.807) is 23.1 Å². The highest BCUT2D eigenvalue weighted by molar-refractivity contribution is 7.19. The monoisotopic (exact) mass is 508 g/mol. The van der Waals surface area contributed by atoms with E-state index in [-0.39, 0.29) is 11.4 Å². The first-order valence-corrected chi connectivity index (χ1v) is 12.5. The summed E-state index contributed by atoms with van der Waals surface area (Å²) < 4.78 is 1.95. The van der Waals surface area contributed by atoms with Gasteiger partial charge in [-0.05, 0) is 63.8 Å². The minimum absolute atomic E-state index is 0.0824. The van der Waals surface area contributed by atoms with Gasteiger partial charge in [-0.25, -0.2) is 4.98 Å². The number of Topliss-reactive ketones (excluding diaryl/α,β-unsaturated/α-hetero) is 1. The van der Waals surface area contributed by atoms with E-state index in [0.717, 1.165) is 23.3 Å². The van der Waals surface area contributed by atoms with Crippen LogP contribution >= 0.6 is 22.9 Å². The van der Waals surface area contributed by atoms with E-state index in [0.29, 0.717) is 33.4 Å². The Morgan fingerprint density at radius 2 is 1.97 bits per heavy atom.